The van der Waals surface area contributed by atoms with Crippen LogP contribution >= 0.6 is 11.3 Å². The Morgan fingerprint density at radius 1 is 1.00 bits per heavy atom. The highest BCUT2D eigenvalue weighted by Crippen LogP contribution is 2.64. The molecule has 9 rings (SSSR count). The number of aromatic nitrogens is 5. The van der Waals surface area contributed by atoms with E-state index in [1.165, 1.54) is 11.0 Å². The lowest BCUT2D eigenvalue weighted by molar-refractivity contribution is -0.141. The number of pyridine rings is 1. The van der Waals surface area contributed by atoms with Crippen molar-refractivity contribution >= 4 is 40.1 Å². The third kappa shape index (κ3) is 4.78. The van der Waals surface area contributed by atoms with Gasteiger partial charge in [-0.2, -0.15) is 29.6 Å². The fourth-order valence-corrected chi connectivity index (χ4v) is 8.96. The maximum Gasteiger partial charge on any atom is 0.433 e. The number of halogens is 3. The number of amides is 2. The van der Waals surface area contributed by atoms with Crippen molar-refractivity contribution in [2.24, 2.45) is 11.8 Å². The molecule has 4 aliphatic rings. The first-order valence-corrected chi connectivity index (χ1v) is 17.3. The van der Waals surface area contributed by atoms with Gasteiger partial charge in [0.1, 0.15) is 22.7 Å². The molecular weight excluding hydrogens is 655 g/mol. The third-order valence-electron chi connectivity index (χ3n) is 10.7. The predicted molar refractivity (Wildman–Crippen MR) is 174 cm³/mol. The van der Waals surface area contributed by atoms with Crippen LogP contribution in [0.3, 0.4) is 0 Å². The van der Waals surface area contributed by atoms with E-state index in [0.29, 0.717) is 60.8 Å². The number of anilines is 1. The molecule has 2 saturated heterocycles. The summed E-state index contributed by atoms with van der Waals surface area (Å²) in [5.41, 5.74) is 2.01. The fourth-order valence-electron chi connectivity index (χ4n) is 8.21. The second-order valence-corrected chi connectivity index (χ2v) is 14.0. The van der Waals surface area contributed by atoms with E-state index in [1.54, 1.807) is 46.5 Å². The highest BCUT2D eigenvalue weighted by molar-refractivity contribution is 7.08. The van der Waals surface area contributed by atoms with Crippen molar-refractivity contribution in [3.05, 3.63) is 88.0 Å². The van der Waals surface area contributed by atoms with Gasteiger partial charge in [0.25, 0.3) is 11.8 Å². The Balaban J connectivity index is 1.05. The summed E-state index contributed by atoms with van der Waals surface area (Å²) < 4.78 is 48.4. The minimum absolute atomic E-state index is 0.164. The van der Waals surface area contributed by atoms with Gasteiger partial charge >= 0.3 is 6.18 Å². The van der Waals surface area contributed by atoms with Crippen molar-refractivity contribution < 1.29 is 27.5 Å². The van der Waals surface area contributed by atoms with E-state index < -0.39 is 18.1 Å². The van der Waals surface area contributed by atoms with Gasteiger partial charge in [0, 0.05) is 43.4 Å². The standard InChI is InChI=1S/C35H30F3N7O3S/c36-35(37,38)26-15-20(8-11-39-26)29-30-31(45(42-29)28-7-3-4-13-48-28)41-27(16-40-30)43-12-9-24-25(17-43)34(24,21-10-14-49-18-21)19-44-32(46)22-5-1-2-6-23(22)33(44)47/h1-2,5-6,8,10-11,14-16,18,24-25,28H,3-4,7,9,12-13,17,19H2. The van der Waals surface area contributed by atoms with E-state index >= 15 is 0 Å². The molecule has 2 amide bonds. The summed E-state index contributed by atoms with van der Waals surface area (Å²) in [6.45, 7) is 2.19. The summed E-state index contributed by atoms with van der Waals surface area (Å²) >= 11 is 1.60. The molecule has 0 bridgehead atoms. The van der Waals surface area contributed by atoms with Crippen LogP contribution in [0.4, 0.5) is 19.0 Å². The molecule has 1 aliphatic carbocycles. The van der Waals surface area contributed by atoms with Gasteiger partial charge in [-0.15, -0.1) is 0 Å². The second kappa shape index (κ2) is 11.2. The zero-order valence-corrected chi connectivity index (χ0v) is 27.0. The normalized spacial score (nSPS) is 25.2. The van der Waals surface area contributed by atoms with Gasteiger partial charge in [0.05, 0.1) is 17.3 Å². The van der Waals surface area contributed by atoms with Crippen molar-refractivity contribution in [1.29, 1.82) is 0 Å². The van der Waals surface area contributed by atoms with Crippen molar-refractivity contribution in [3.8, 4) is 11.3 Å². The molecular formula is C35H30F3N7O3S. The lowest BCUT2D eigenvalue weighted by Crippen LogP contribution is -2.39. The Morgan fingerprint density at radius 2 is 1.82 bits per heavy atom. The Morgan fingerprint density at radius 3 is 2.53 bits per heavy atom. The first kappa shape index (κ1) is 30.4. The second-order valence-electron chi connectivity index (χ2n) is 13.2. The van der Waals surface area contributed by atoms with Crippen molar-refractivity contribution in [3.63, 3.8) is 0 Å². The number of imide groups is 1. The molecule has 14 heteroatoms. The first-order chi connectivity index (χ1) is 23.7. The molecule has 3 fully saturated rings. The van der Waals surface area contributed by atoms with Gasteiger partial charge in [-0.25, -0.2) is 14.6 Å². The molecule has 4 atom stereocenters. The minimum atomic E-state index is -4.60. The van der Waals surface area contributed by atoms with Crippen LogP contribution in [0, 0.1) is 11.8 Å². The van der Waals surface area contributed by atoms with Crippen LogP contribution in [-0.2, 0) is 16.3 Å². The van der Waals surface area contributed by atoms with Gasteiger partial charge in [-0.05, 0) is 84.2 Å². The Kier molecular flexibility index (Phi) is 6.92. The summed E-state index contributed by atoms with van der Waals surface area (Å²) in [5.74, 6) is 0.571. The highest BCUT2D eigenvalue weighted by Gasteiger charge is 2.68. The Bertz CT molecular complexity index is 2080. The van der Waals surface area contributed by atoms with Crippen molar-refractivity contribution in [2.75, 3.05) is 31.1 Å². The molecule has 49 heavy (non-hydrogen) atoms. The van der Waals surface area contributed by atoms with Crippen LogP contribution in [0.25, 0.3) is 22.4 Å². The molecule has 4 aromatic heterocycles. The number of carbonyl (C=O) groups is 2. The Hall–Kier alpha value is -4.69. The molecule has 5 aromatic rings. The quantitative estimate of drug-likeness (QED) is 0.190. The van der Waals surface area contributed by atoms with Crippen LogP contribution in [0.1, 0.15) is 63.9 Å². The number of hydrogen-bond acceptors (Lipinski definition) is 9. The monoisotopic (exact) mass is 685 g/mol. The Labute approximate surface area is 282 Å². The largest absolute Gasteiger partial charge is 0.433 e. The van der Waals surface area contributed by atoms with E-state index in [9.17, 15) is 22.8 Å². The van der Waals surface area contributed by atoms with E-state index in [2.05, 4.69) is 21.3 Å². The third-order valence-corrected chi connectivity index (χ3v) is 11.3. The van der Waals surface area contributed by atoms with Crippen molar-refractivity contribution in [2.45, 2.75) is 43.5 Å². The number of alkyl halides is 3. The molecule has 4 unspecified atom stereocenters. The van der Waals surface area contributed by atoms with Crippen LogP contribution in [0.5, 0.6) is 0 Å². The van der Waals surface area contributed by atoms with E-state index in [0.717, 1.165) is 37.1 Å². The number of nitrogens with zero attached hydrogens (tertiary/aromatic N) is 7. The van der Waals surface area contributed by atoms with E-state index in [-0.39, 0.29) is 40.3 Å². The first-order valence-electron chi connectivity index (χ1n) is 16.4. The average Bonchev–Trinajstić information content (AvgIpc) is 3.50. The zero-order valence-electron chi connectivity index (χ0n) is 26.1. The SMILES string of the molecule is O=C1c2ccccc2C(=O)N1CC1(c2ccsc2)C2CCN(c3cnc4c(-c5ccnc(C(F)(F)F)c5)nn(C5CCCCO5)c4n3)CC21. The molecule has 250 valence electrons. The zero-order chi connectivity index (χ0) is 33.5. The summed E-state index contributed by atoms with van der Waals surface area (Å²) in [5, 5.41) is 8.91. The summed E-state index contributed by atoms with van der Waals surface area (Å²) in [4.78, 5) is 43.8. The number of thiophene rings is 1. The number of rotatable bonds is 6. The lowest BCUT2D eigenvalue weighted by Gasteiger charge is -2.27. The maximum atomic E-state index is 13.6. The average molecular weight is 686 g/mol. The predicted octanol–water partition coefficient (Wildman–Crippen LogP) is 6.36. The summed E-state index contributed by atoms with van der Waals surface area (Å²) in [6, 6.07) is 11.6. The summed E-state index contributed by atoms with van der Waals surface area (Å²) in [6.07, 6.45) is 1.13. The number of hydrogen-bond donors (Lipinski definition) is 0. The number of fused-ring (bicyclic) bond motifs is 3. The molecule has 1 aromatic carbocycles. The number of piperidine rings is 1. The van der Waals surface area contributed by atoms with E-state index in [1.807, 2.05) is 5.38 Å². The molecule has 0 radical (unpaired) electrons. The molecule has 1 saturated carbocycles. The molecule has 7 heterocycles. The van der Waals surface area contributed by atoms with Gasteiger partial charge in [-0.1, -0.05) is 12.1 Å². The fraction of sp³-hybridized carbons (Fsp3) is 0.371. The number of ether oxygens (including phenoxy) is 1. The molecule has 0 N–H and O–H groups in total. The van der Waals surface area contributed by atoms with Crippen LogP contribution < -0.4 is 4.90 Å². The number of carbonyl (C=O) groups excluding carboxylic acids is 2. The summed E-state index contributed by atoms with van der Waals surface area (Å²) in [7, 11) is 0. The van der Waals surface area contributed by atoms with Crippen LogP contribution in [0.15, 0.2) is 65.6 Å². The van der Waals surface area contributed by atoms with Crippen molar-refractivity contribution in [1.82, 2.24) is 29.6 Å². The lowest BCUT2D eigenvalue weighted by atomic mass is 9.92. The van der Waals surface area contributed by atoms with Crippen LogP contribution in [0.2, 0.25) is 0 Å². The van der Waals surface area contributed by atoms with Crippen LogP contribution in [-0.4, -0.2) is 67.7 Å². The molecule has 0 spiro atoms. The number of benzene rings is 1. The van der Waals surface area contributed by atoms with Gasteiger partial charge in [0.15, 0.2) is 11.9 Å². The van der Waals surface area contributed by atoms with Gasteiger partial charge in [-0.3, -0.25) is 19.5 Å². The maximum absolute atomic E-state index is 13.6. The topological polar surface area (TPSA) is 106 Å². The molecule has 10 nitrogen and oxygen atoms in total. The van der Waals surface area contributed by atoms with Gasteiger partial charge in [0.2, 0.25) is 0 Å². The smallest absolute Gasteiger partial charge is 0.356 e. The molecule has 3 aliphatic heterocycles. The highest BCUT2D eigenvalue weighted by atomic mass is 32.1. The van der Waals surface area contributed by atoms with E-state index in [4.69, 9.17) is 19.8 Å². The van der Waals surface area contributed by atoms with Gasteiger partial charge < -0.3 is 9.64 Å². The minimum Gasteiger partial charge on any atom is -0.356 e.